The van der Waals surface area contributed by atoms with Crippen LogP contribution in [0.3, 0.4) is 0 Å². The maximum atomic E-state index is 5.32. The van der Waals surface area contributed by atoms with Gasteiger partial charge in [0.2, 0.25) is 0 Å². The van der Waals surface area contributed by atoms with E-state index in [-0.39, 0.29) is 11.5 Å². The van der Waals surface area contributed by atoms with Gasteiger partial charge in [0.05, 0.1) is 11.6 Å². The molecule has 1 atom stereocenters. The number of benzene rings is 1. The van der Waals surface area contributed by atoms with Crippen LogP contribution in [0.25, 0.3) is 11.5 Å². The summed E-state index contributed by atoms with van der Waals surface area (Å²) in [6, 6.07) is 12.7. The zero-order valence-corrected chi connectivity index (χ0v) is 14.1. The molecule has 0 aliphatic heterocycles. The third kappa shape index (κ3) is 2.46. The Balaban J connectivity index is 1.71. The van der Waals surface area contributed by atoms with Crippen LogP contribution in [0.5, 0.6) is 0 Å². The number of rotatable bonds is 3. The Morgan fingerprint density at radius 2 is 2.00 bits per heavy atom. The predicted octanol–water partition coefficient (Wildman–Crippen LogP) is 4.27. The number of aryl methyl sites for hydroxylation is 1. The zero-order chi connectivity index (χ0) is 16.7. The van der Waals surface area contributed by atoms with E-state index in [1.807, 2.05) is 19.1 Å². The Morgan fingerprint density at radius 3 is 2.79 bits per heavy atom. The third-order valence-electron chi connectivity index (χ3n) is 4.66. The number of aromatic nitrogens is 3. The Morgan fingerprint density at radius 1 is 1.17 bits per heavy atom. The maximum Gasteiger partial charge on any atom is 0.261 e. The van der Waals surface area contributed by atoms with Crippen molar-refractivity contribution >= 4 is 5.82 Å². The van der Waals surface area contributed by atoms with Gasteiger partial charge in [0.15, 0.2) is 5.82 Å². The van der Waals surface area contributed by atoms with Crippen LogP contribution < -0.4 is 5.32 Å². The molecule has 122 valence electrons. The quantitative estimate of drug-likeness (QED) is 0.780. The SMILES string of the molecule is Cc1noc(-c2cccnc2NC2CC(C)(C)c3ccccc32)n1. The molecule has 5 nitrogen and oxygen atoms in total. The molecule has 0 saturated carbocycles. The fourth-order valence-corrected chi connectivity index (χ4v) is 3.54. The Bertz CT molecular complexity index is 884. The fraction of sp³-hybridized carbons (Fsp3) is 0.316. The van der Waals surface area contributed by atoms with E-state index in [2.05, 4.69) is 58.6 Å². The number of pyridine rings is 1. The van der Waals surface area contributed by atoms with Crippen molar-refractivity contribution in [1.29, 1.82) is 0 Å². The van der Waals surface area contributed by atoms with Gasteiger partial charge < -0.3 is 9.84 Å². The molecule has 3 aromatic rings. The number of nitrogens with one attached hydrogen (secondary N) is 1. The first-order valence-electron chi connectivity index (χ1n) is 8.16. The van der Waals surface area contributed by atoms with E-state index in [1.165, 1.54) is 11.1 Å². The number of fused-ring (bicyclic) bond motifs is 1. The van der Waals surface area contributed by atoms with Gasteiger partial charge in [0.1, 0.15) is 5.82 Å². The van der Waals surface area contributed by atoms with E-state index in [4.69, 9.17) is 4.52 Å². The molecule has 0 amide bonds. The second kappa shape index (κ2) is 5.44. The highest BCUT2D eigenvalue weighted by Crippen LogP contribution is 2.46. The lowest BCUT2D eigenvalue weighted by atomic mass is 9.86. The normalized spacial score (nSPS) is 18.4. The molecule has 1 aliphatic carbocycles. The Kier molecular flexibility index (Phi) is 3.37. The smallest absolute Gasteiger partial charge is 0.261 e. The minimum atomic E-state index is 0.143. The van der Waals surface area contributed by atoms with E-state index in [0.717, 1.165) is 17.8 Å². The summed E-state index contributed by atoms with van der Waals surface area (Å²) >= 11 is 0. The first kappa shape index (κ1) is 14.9. The zero-order valence-electron chi connectivity index (χ0n) is 14.1. The van der Waals surface area contributed by atoms with Gasteiger partial charge in [0, 0.05) is 6.20 Å². The predicted molar refractivity (Wildman–Crippen MR) is 92.7 cm³/mol. The molecule has 1 aromatic carbocycles. The van der Waals surface area contributed by atoms with Crippen LogP contribution in [0.15, 0.2) is 47.1 Å². The van der Waals surface area contributed by atoms with Crippen LogP contribution in [0.1, 0.15) is 43.3 Å². The highest BCUT2D eigenvalue weighted by atomic mass is 16.5. The van der Waals surface area contributed by atoms with E-state index in [0.29, 0.717) is 11.7 Å². The van der Waals surface area contributed by atoms with Crippen LogP contribution >= 0.6 is 0 Å². The lowest BCUT2D eigenvalue weighted by Crippen LogP contribution is -2.15. The maximum absolute atomic E-state index is 5.32. The largest absolute Gasteiger partial charge is 0.363 e. The number of anilines is 1. The van der Waals surface area contributed by atoms with Gasteiger partial charge in [-0.05, 0) is 42.0 Å². The molecule has 0 fully saturated rings. The molecule has 0 bridgehead atoms. The van der Waals surface area contributed by atoms with Gasteiger partial charge in [-0.3, -0.25) is 0 Å². The molecular formula is C19H20N4O. The molecule has 1 N–H and O–H groups in total. The standard InChI is InChI=1S/C19H20N4O/c1-12-21-18(24-23-12)14-8-6-10-20-17(14)22-16-11-19(2,3)15-9-5-4-7-13(15)16/h4-10,16H,11H2,1-3H3,(H,20,22). The summed E-state index contributed by atoms with van der Waals surface area (Å²) in [5, 5.41) is 7.47. The van der Waals surface area contributed by atoms with E-state index in [1.54, 1.807) is 6.20 Å². The van der Waals surface area contributed by atoms with Crippen molar-refractivity contribution in [2.24, 2.45) is 0 Å². The van der Waals surface area contributed by atoms with Crippen LogP contribution in [-0.2, 0) is 5.41 Å². The molecule has 5 heteroatoms. The molecule has 4 rings (SSSR count). The monoisotopic (exact) mass is 320 g/mol. The lowest BCUT2D eigenvalue weighted by molar-refractivity contribution is 0.425. The van der Waals surface area contributed by atoms with Gasteiger partial charge in [0.25, 0.3) is 5.89 Å². The van der Waals surface area contributed by atoms with Crippen LogP contribution in [0.4, 0.5) is 5.82 Å². The Hall–Kier alpha value is -2.69. The average molecular weight is 320 g/mol. The first-order valence-corrected chi connectivity index (χ1v) is 8.16. The summed E-state index contributed by atoms with van der Waals surface area (Å²) in [4.78, 5) is 8.84. The van der Waals surface area contributed by atoms with Crippen molar-refractivity contribution in [2.45, 2.75) is 38.6 Å². The summed E-state index contributed by atoms with van der Waals surface area (Å²) < 4.78 is 5.32. The van der Waals surface area contributed by atoms with Crippen molar-refractivity contribution < 1.29 is 4.52 Å². The van der Waals surface area contributed by atoms with Gasteiger partial charge in [-0.1, -0.05) is 43.3 Å². The second-order valence-corrected chi connectivity index (χ2v) is 6.92. The van der Waals surface area contributed by atoms with Crippen molar-refractivity contribution in [3.8, 4) is 11.5 Å². The number of hydrogen-bond donors (Lipinski definition) is 1. The molecule has 0 saturated heterocycles. The van der Waals surface area contributed by atoms with Gasteiger partial charge in [-0.2, -0.15) is 4.98 Å². The van der Waals surface area contributed by atoms with Crippen molar-refractivity contribution in [2.75, 3.05) is 5.32 Å². The van der Waals surface area contributed by atoms with Crippen molar-refractivity contribution in [3.05, 3.63) is 59.5 Å². The van der Waals surface area contributed by atoms with Crippen molar-refractivity contribution in [1.82, 2.24) is 15.1 Å². The van der Waals surface area contributed by atoms with Gasteiger partial charge >= 0.3 is 0 Å². The molecule has 1 unspecified atom stereocenters. The topological polar surface area (TPSA) is 63.8 Å². The van der Waals surface area contributed by atoms with Gasteiger partial charge in [-0.25, -0.2) is 4.98 Å². The minimum absolute atomic E-state index is 0.143. The molecular weight excluding hydrogens is 300 g/mol. The van der Waals surface area contributed by atoms with Crippen LogP contribution in [-0.4, -0.2) is 15.1 Å². The molecule has 2 heterocycles. The lowest BCUT2D eigenvalue weighted by Gasteiger charge is -2.20. The minimum Gasteiger partial charge on any atom is -0.363 e. The van der Waals surface area contributed by atoms with Crippen LogP contribution in [0, 0.1) is 6.92 Å². The van der Waals surface area contributed by atoms with E-state index >= 15 is 0 Å². The van der Waals surface area contributed by atoms with Gasteiger partial charge in [-0.15, -0.1) is 0 Å². The summed E-state index contributed by atoms with van der Waals surface area (Å²) in [5.74, 6) is 1.89. The van der Waals surface area contributed by atoms with Crippen molar-refractivity contribution in [3.63, 3.8) is 0 Å². The number of nitrogens with zero attached hydrogens (tertiary/aromatic N) is 3. The highest BCUT2D eigenvalue weighted by molar-refractivity contribution is 5.69. The Labute approximate surface area is 141 Å². The van der Waals surface area contributed by atoms with E-state index in [9.17, 15) is 0 Å². The molecule has 1 aliphatic rings. The first-order chi connectivity index (χ1) is 11.5. The summed E-state index contributed by atoms with van der Waals surface area (Å²) in [6.07, 6.45) is 2.80. The average Bonchev–Trinajstić information content (AvgIpc) is 3.10. The summed E-state index contributed by atoms with van der Waals surface area (Å²) in [7, 11) is 0. The van der Waals surface area contributed by atoms with E-state index < -0.39 is 0 Å². The molecule has 0 radical (unpaired) electrons. The third-order valence-corrected chi connectivity index (χ3v) is 4.66. The second-order valence-electron chi connectivity index (χ2n) is 6.92. The fourth-order valence-electron chi connectivity index (χ4n) is 3.54. The van der Waals surface area contributed by atoms with Crippen LogP contribution in [0.2, 0.25) is 0 Å². The number of hydrogen-bond acceptors (Lipinski definition) is 5. The molecule has 2 aromatic heterocycles. The highest BCUT2D eigenvalue weighted by Gasteiger charge is 2.36. The summed E-state index contributed by atoms with van der Waals surface area (Å²) in [6.45, 7) is 6.38. The summed E-state index contributed by atoms with van der Waals surface area (Å²) in [5.41, 5.74) is 3.71. The molecule has 24 heavy (non-hydrogen) atoms. The molecule has 0 spiro atoms.